The van der Waals surface area contributed by atoms with Crippen molar-refractivity contribution < 1.29 is 0 Å². The van der Waals surface area contributed by atoms with Crippen LogP contribution >= 0.6 is 15.9 Å². The molecule has 0 aliphatic heterocycles. The smallest absolute Gasteiger partial charge is 0.294 e. The second-order valence-corrected chi connectivity index (χ2v) is 6.41. The van der Waals surface area contributed by atoms with Crippen LogP contribution in [0.1, 0.15) is 42.9 Å². The molecule has 1 aromatic heterocycles. The van der Waals surface area contributed by atoms with Crippen LogP contribution in [0.4, 0.5) is 5.69 Å². The number of anilines is 1. The van der Waals surface area contributed by atoms with Crippen molar-refractivity contribution in [2.24, 2.45) is 0 Å². The number of benzene rings is 1. The van der Waals surface area contributed by atoms with Crippen LogP contribution in [0.15, 0.2) is 27.5 Å². The number of nitrogens with two attached hydrogens (primary N) is 1. The summed E-state index contributed by atoms with van der Waals surface area (Å²) in [5.74, 6) is 0.403. The molecule has 0 saturated heterocycles. The number of nitrogens with zero attached hydrogens (tertiary/aromatic N) is 1. The van der Waals surface area contributed by atoms with Gasteiger partial charge in [0.05, 0.1) is 11.4 Å². The van der Waals surface area contributed by atoms with Gasteiger partial charge in [-0.2, -0.15) is 0 Å². The van der Waals surface area contributed by atoms with Crippen LogP contribution < -0.4 is 11.3 Å². The minimum atomic E-state index is -0.141. The predicted octanol–water partition coefficient (Wildman–Crippen LogP) is 3.48. The van der Waals surface area contributed by atoms with Gasteiger partial charge in [-0.05, 0) is 43.5 Å². The quantitative estimate of drug-likeness (QED) is 0.882. The van der Waals surface area contributed by atoms with Crippen LogP contribution in [-0.2, 0) is 0 Å². The van der Waals surface area contributed by atoms with Gasteiger partial charge in [-0.1, -0.05) is 28.8 Å². The van der Waals surface area contributed by atoms with Crippen molar-refractivity contribution in [3.63, 3.8) is 0 Å². The molecule has 1 aliphatic carbocycles. The first-order chi connectivity index (χ1) is 9.58. The lowest BCUT2D eigenvalue weighted by Crippen LogP contribution is -2.17. The van der Waals surface area contributed by atoms with Crippen LogP contribution in [0.3, 0.4) is 0 Å². The summed E-state index contributed by atoms with van der Waals surface area (Å²) in [7, 11) is 0. The van der Waals surface area contributed by atoms with E-state index in [0.29, 0.717) is 11.6 Å². The van der Waals surface area contributed by atoms with E-state index >= 15 is 0 Å². The highest BCUT2D eigenvalue weighted by atomic mass is 79.9. The molecule has 0 bridgehead atoms. The molecule has 4 nitrogen and oxygen atoms in total. The lowest BCUT2D eigenvalue weighted by molar-refractivity contribution is 0.677. The lowest BCUT2D eigenvalue weighted by Gasteiger charge is -2.08. The first kappa shape index (κ1) is 13.5. The third-order valence-corrected chi connectivity index (χ3v) is 4.61. The molecular weight excluding hydrogens is 318 g/mol. The van der Waals surface area contributed by atoms with E-state index in [1.807, 2.05) is 25.1 Å². The molecule has 0 atom stereocenters. The van der Waals surface area contributed by atoms with Gasteiger partial charge in [-0.3, -0.25) is 9.89 Å². The number of rotatable bonds is 2. The molecule has 20 heavy (non-hydrogen) atoms. The van der Waals surface area contributed by atoms with Crippen LogP contribution in [0.2, 0.25) is 0 Å². The molecule has 1 aromatic carbocycles. The largest absolute Gasteiger partial charge is 0.393 e. The molecule has 1 heterocycles. The van der Waals surface area contributed by atoms with Crippen molar-refractivity contribution in [3.05, 3.63) is 44.3 Å². The zero-order valence-electron chi connectivity index (χ0n) is 11.4. The highest BCUT2D eigenvalue weighted by molar-refractivity contribution is 9.10. The van der Waals surface area contributed by atoms with E-state index in [4.69, 9.17) is 5.73 Å². The van der Waals surface area contributed by atoms with Gasteiger partial charge in [0.25, 0.3) is 5.56 Å². The average Bonchev–Trinajstić information content (AvgIpc) is 3.01. The Morgan fingerprint density at radius 1 is 1.35 bits per heavy atom. The van der Waals surface area contributed by atoms with Crippen molar-refractivity contribution in [2.75, 3.05) is 5.73 Å². The highest BCUT2D eigenvalue weighted by Gasteiger charge is 2.24. The monoisotopic (exact) mass is 335 g/mol. The third kappa shape index (κ3) is 2.20. The van der Waals surface area contributed by atoms with Crippen LogP contribution in [0.25, 0.3) is 5.69 Å². The number of aromatic amines is 1. The molecule has 1 saturated carbocycles. The van der Waals surface area contributed by atoms with Gasteiger partial charge in [0.2, 0.25) is 0 Å². The van der Waals surface area contributed by atoms with Crippen molar-refractivity contribution in [2.45, 2.75) is 38.5 Å². The number of hydrogen-bond acceptors (Lipinski definition) is 2. The lowest BCUT2D eigenvalue weighted by atomic mass is 10.0. The summed E-state index contributed by atoms with van der Waals surface area (Å²) < 4.78 is 2.58. The number of nitrogens with one attached hydrogen (secondary N) is 1. The maximum absolute atomic E-state index is 12.4. The van der Waals surface area contributed by atoms with E-state index in [0.717, 1.165) is 34.3 Å². The van der Waals surface area contributed by atoms with Gasteiger partial charge in [-0.15, -0.1) is 0 Å². The van der Waals surface area contributed by atoms with Crippen molar-refractivity contribution in [1.82, 2.24) is 9.78 Å². The summed E-state index contributed by atoms with van der Waals surface area (Å²) in [5.41, 5.74) is 9.06. The van der Waals surface area contributed by atoms with E-state index in [-0.39, 0.29) is 5.56 Å². The molecule has 3 N–H and O–H groups in total. The average molecular weight is 336 g/mol. The summed E-state index contributed by atoms with van der Waals surface area (Å²) in [5, 5.41) is 3.23. The SMILES string of the molecule is Cc1cc(Br)ccc1-n1[nH]c(C2CCCC2)c(N)c1=O. The number of nitrogen functional groups attached to an aromatic ring is 1. The first-order valence-electron chi connectivity index (χ1n) is 6.95. The number of aromatic nitrogens is 2. The molecular formula is C15H18BrN3O. The molecule has 106 valence electrons. The van der Waals surface area contributed by atoms with Crippen molar-refractivity contribution in [3.8, 4) is 5.69 Å². The standard InChI is InChI=1S/C15H18BrN3O/c1-9-8-11(16)6-7-12(9)19-15(20)13(17)14(18-19)10-4-2-3-5-10/h6-8,10,18H,2-5,17H2,1H3. The number of halogens is 1. The van der Waals surface area contributed by atoms with Crippen molar-refractivity contribution >= 4 is 21.6 Å². The van der Waals surface area contributed by atoms with E-state index in [1.165, 1.54) is 12.8 Å². The Bertz CT molecular complexity index is 696. The summed E-state index contributed by atoms with van der Waals surface area (Å²) >= 11 is 3.44. The Labute approximate surface area is 126 Å². The van der Waals surface area contributed by atoms with Gasteiger partial charge < -0.3 is 5.73 Å². The summed E-state index contributed by atoms with van der Waals surface area (Å²) in [4.78, 5) is 12.4. The van der Waals surface area contributed by atoms with Gasteiger partial charge in [0.1, 0.15) is 5.69 Å². The van der Waals surface area contributed by atoms with Crippen molar-refractivity contribution in [1.29, 1.82) is 0 Å². The second-order valence-electron chi connectivity index (χ2n) is 5.49. The summed E-state index contributed by atoms with van der Waals surface area (Å²) in [6, 6.07) is 5.85. The maximum Gasteiger partial charge on any atom is 0.294 e. The molecule has 1 aliphatic rings. The summed E-state index contributed by atoms with van der Waals surface area (Å²) in [6.45, 7) is 1.98. The molecule has 5 heteroatoms. The van der Waals surface area contributed by atoms with E-state index < -0.39 is 0 Å². The highest BCUT2D eigenvalue weighted by Crippen LogP contribution is 2.35. The van der Waals surface area contributed by atoms with Gasteiger partial charge in [-0.25, -0.2) is 4.68 Å². The fourth-order valence-corrected chi connectivity index (χ4v) is 3.51. The van der Waals surface area contributed by atoms with Crippen LogP contribution in [0.5, 0.6) is 0 Å². The fraction of sp³-hybridized carbons (Fsp3) is 0.400. The van der Waals surface area contributed by atoms with Crippen LogP contribution in [-0.4, -0.2) is 9.78 Å². The first-order valence-corrected chi connectivity index (χ1v) is 7.74. The molecule has 0 spiro atoms. The fourth-order valence-electron chi connectivity index (χ4n) is 3.03. The molecule has 0 amide bonds. The number of hydrogen-bond donors (Lipinski definition) is 2. The van der Waals surface area contributed by atoms with Gasteiger partial charge in [0, 0.05) is 10.4 Å². The normalized spacial score (nSPS) is 15.9. The van der Waals surface area contributed by atoms with E-state index in [9.17, 15) is 4.79 Å². The minimum Gasteiger partial charge on any atom is -0.393 e. The number of aryl methyl sites for hydroxylation is 1. The number of H-pyrrole nitrogens is 1. The third-order valence-electron chi connectivity index (χ3n) is 4.12. The predicted molar refractivity (Wildman–Crippen MR) is 84.4 cm³/mol. The topological polar surface area (TPSA) is 63.8 Å². The minimum absolute atomic E-state index is 0.141. The van der Waals surface area contributed by atoms with Gasteiger partial charge in [0.15, 0.2) is 0 Å². The van der Waals surface area contributed by atoms with E-state index in [1.54, 1.807) is 4.68 Å². The molecule has 0 radical (unpaired) electrons. The Morgan fingerprint density at radius 2 is 2.05 bits per heavy atom. The Hall–Kier alpha value is -1.49. The summed E-state index contributed by atoms with van der Waals surface area (Å²) in [6.07, 6.45) is 4.66. The van der Waals surface area contributed by atoms with Crippen LogP contribution in [0, 0.1) is 6.92 Å². The maximum atomic E-state index is 12.4. The van der Waals surface area contributed by atoms with Gasteiger partial charge >= 0.3 is 0 Å². The Morgan fingerprint density at radius 3 is 2.70 bits per heavy atom. The molecule has 2 aromatic rings. The second kappa shape index (κ2) is 5.13. The Balaban J connectivity index is 2.10. The van der Waals surface area contributed by atoms with E-state index in [2.05, 4.69) is 21.0 Å². The molecule has 0 unspecified atom stereocenters. The molecule has 3 rings (SSSR count). The zero-order chi connectivity index (χ0) is 14.3. The zero-order valence-corrected chi connectivity index (χ0v) is 13.0. The Kier molecular flexibility index (Phi) is 3.46. The molecule has 1 fully saturated rings.